The van der Waals surface area contributed by atoms with E-state index in [1.165, 1.54) is 5.56 Å². The number of primary amides is 1. The fraction of sp³-hybridized carbons (Fsp3) is 0.533. The molecule has 2 atom stereocenters. The molecule has 4 nitrogen and oxygen atoms in total. The molecule has 0 aliphatic carbocycles. The van der Waals surface area contributed by atoms with Gasteiger partial charge >= 0.3 is 0 Å². The average Bonchev–Trinajstić information content (AvgIpc) is 2.27. The van der Waals surface area contributed by atoms with Gasteiger partial charge in [0.25, 0.3) is 0 Å². The molecular weight excluding hydrogens is 238 g/mol. The molecule has 19 heavy (non-hydrogen) atoms. The molecular formula is C15H25N3O. The van der Waals surface area contributed by atoms with Crippen LogP contribution in [0.2, 0.25) is 0 Å². The van der Waals surface area contributed by atoms with Crippen LogP contribution in [0.4, 0.5) is 0 Å². The van der Waals surface area contributed by atoms with Gasteiger partial charge in [-0.1, -0.05) is 29.8 Å². The number of nitrogens with zero attached hydrogens (tertiary/aromatic N) is 1. The molecule has 0 bridgehead atoms. The topological polar surface area (TPSA) is 72.3 Å². The van der Waals surface area contributed by atoms with Crippen LogP contribution in [-0.4, -0.2) is 29.4 Å². The Kier molecular flexibility index (Phi) is 5.51. The van der Waals surface area contributed by atoms with Crippen molar-refractivity contribution in [3.8, 4) is 0 Å². The minimum absolute atomic E-state index is 0.00704. The quantitative estimate of drug-likeness (QED) is 0.818. The molecule has 0 aliphatic heterocycles. The summed E-state index contributed by atoms with van der Waals surface area (Å²) in [6.45, 7) is 8.33. The number of aryl methyl sites for hydroxylation is 1. The number of hydrogen-bond acceptors (Lipinski definition) is 3. The van der Waals surface area contributed by atoms with Crippen LogP contribution in [0.1, 0.15) is 37.9 Å². The molecule has 0 heterocycles. The molecule has 0 aromatic heterocycles. The second-order valence-corrected chi connectivity index (χ2v) is 5.45. The Balaban J connectivity index is 3.13. The van der Waals surface area contributed by atoms with E-state index in [2.05, 4.69) is 30.0 Å². The van der Waals surface area contributed by atoms with E-state index in [0.717, 1.165) is 5.56 Å². The molecule has 1 amide bonds. The Hall–Kier alpha value is -1.39. The first kappa shape index (κ1) is 15.7. The molecule has 0 radical (unpaired) electrons. The standard InChI is InChI=1S/C15H25N3O/c1-10(2)18(9-14(17)19)15(12(4)16)13-7-5-6-11(3)8-13/h5-8,10,12,15H,9,16H2,1-4H3,(H2,17,19). The van der Waals surface area contributed by atoms with Crippen molar-refractivity contribution in [1.82, 2.24) is 4.90 Å². The van der Waals surface area contributed by atoms with Crippen LogP contribution in [-0.2, 0) is 4.79 Å². The van der Waals surface area contributed by atoms with Crippen LogP contribution in [0, 0.1) is 6.92 Å². The number of amides is 1. The zero-order valence-electron chi connectivity index (χ0n) is 12.3. The maximum absolute atomic E-state index is 11.3. The van der Waals surface area contributed by atoms with Gasteiger partial charge in [-0.05, 0) is 33.3 Å². The number of carbonyl (C=O) groups is 1. The van der Waals surface area contributed by atoms with Crippen molar-refractivity contribution in [3.63, 3.8) is 0 Å². The maximum Gasteiger partial charge on any atom is 0.231 e. The van der Waals surface area contributed by atoms with Gasteiger partial charge in [-0.3, -0.25) is 9.69 Å². The predicted octanol–water partition coefficient (Wildman–Crippen LogP) is 1.58. The number of carbonyl (C=O) groups excluding carboxylic acids is 1. The molecule has 0 saturated carbocycles. The average molecular weight is 263 g/mol. The normalized spacial score (nSPS) is 14.7. The van der Waals surface area contributed by atoms with E-state index >= 15 is 0 Å². The zero-order valence-corrected chi connectivity index (χ0v) is 12.3. The van der Waals surface area contributed by atoms with Gasteiger partial charge < -0.3 is 11.5 Å². The lowest BCUT2D eigenvalue weighted by Gasteiger charge is -2.36. The van der Waals surface area contributed by atoms with Gasteiger partial charge in [0.05, 0.1) is 12.6 Å². The van der Waals surface area contributed by atoms with Crippen LogP contribution >= 0.6 is 0 Å². The fourth-order valence-corrected chi connectivity index (χ4v) is 2.43. The fourth-order valence-electron chi connectivity index (χ4n) is 2.43. The summed E-state index contributed by atoms with van der Waals surface area (Å²) in [5.41, 5.74) is 13.8. The first-order chi connectivity index (χ1) is 8.82. The van der Waals surface area contributed by atoms with Gasteiger partial charge in [-0.15, -0.1) is 0 Å². The molecule has 0 aliphatic rings. The Labute approximate surface area is 115 Å². The summed E-state index contributed by atoms with van der Waals surface area (Å²) >= 11 is 0. The summed E-state index contributed by atoms with van der Waals surface area (Å²) in [4.78, 5) is 13.3. The Bertz CT molecular complexity index is 429. The summed E-state index contributed by atoms with van der Waals surface area (Å²) in [7, 11) is 0. The molecule has 2 unspecified atom stereocenters. The zero-order chi connectivity index (χ0) is 14.6. The van der Waals surface area contributed by atoms with Crippen LogP contribution in [0.15, 0.2) is 24.3 Å². The van der Waals surface area contributed by atoms with E-state index in [0.29, 0.717) is 0 Å². The SMILES string of the molecule is Cc1cccc(C(C(C)N)N(CC(N)=O)C(C)C)c1. The minimum atomic E-state index is -0.327. The summed E-state index contributed by atoms with van der Waals surface area (Å²) in [6.07, 6.45) is 0. The number of nitrogens with two attached hydrogens (primary N) is 2. The highest BCUT2D eigenvalue weighted by Gasteiger charge is 2.27. The molecule has 0 spiro atoms. The van der Waals surface area contributed by atoms with Gasteiger partial charge in [0, 0.05) is 12.1 Å². The van der Waals surface area contributed by atoms with Gasteiger partial charge in [0.15, 0.2) is 0 Å². The Morgan fingerprint density at radius 1 is 1.32 bits per heavy atom. The van der Waals surface area contributed by atoms with E-state index in [1.807, 2.05) is 26.8 Å². The maximum atomic E-state index is 11.3. The molecule has 4 N–H and O–H groups in total. The molecule has 106 valence electrons. The van der Waals surface area contributed by atoms with E-state index in [4.69, 9.17) is 11.5 Å². The molecule has 1 aromatic carbocycles. The van der Waals surface area contributed by atoms with Gasteiger partial charge in [0.1, 0.15) is 0 Å². The van der Waals surface area contributed by atoms with Crippen molar-refractivity contribution in [2.24, 2.45) is 11.5 Å². The lowest BCUT2D eigenvalue weighted by atomic mass is 9.96. The molecule has 4 heteroatoms. The second kappa shape index (κ2) is 6.68. The Morgan fingerprint density at radius 2 is 1.95 bits per heavy atom. The molecule has 0 fully saturated rings. The number of benzene rings is 1. The van der Waals surface area contributed by atoms with Crippen LogP contribution in [0.5, 0.6) is 0 Å². The number of hydrogen-bond donors (Lipinski definition) is 2. The first-order valence-electron chi connectivity index (χ1n) is 6.69. The van der Waals surface area contributed by atoms with Crippen LogP contribution in [0.25, 0.3) is 0 Å². The van der Waals surface area contributed by atoms with Gasteiger partial charge in [-0.2, -0.15) is 0 Å². The third kappa shape index (κ3) is 4.33. The summed E-state index contributed by atoms with van der Waals surface area (Å²) in [6, 6.07) is 8.35. The highest BCUT2D eigenvalue weighted by molar-refractivity contribution is 5.76. The van der Waals surface area contributed by atoms with E-state index in [-0.39, 0.29) is 30.6 Å². The van der Waals surface area contributed by atoms with E-state index in [1.54, 1.807) is 0 Å². The summed E-state index contributed by atoms with van der Waals surface area (Å²) in [5, 5.41) is 0. The van der Waals surface area contributed by atoms with Crippen molar-refractivity contribution < 1.29 is 4.79 Å². The lowest BCUT2D eigenvalue weighted by molar-refractivity contribution is -0.120. The van der Waals surface area contributed by atoms with Crippen LogP contribution < -0.4 is 11.5 Å². The van der Waals surface area contributed by atoms with Crippen molar-refractivity contribution in [2.45, 2.75) is 45.8 Å². The second-order valence-electron chi connectivity index (χ2n) is 5.45. The summed E-state index contributed by atoms with van der Waals surface area (Å²) < 4.78 is 0. The first-order valence-corrected chi connectivity index (χ1v) is 6.69. The number of rotatable bonds is 6. The van der Waals surface area contributed by atoms with E-state index in [9.17, 15) is 4.79 Å². The minimum Gasteiger partial charge on any atom is -0.369 e. The monoisotopic (exact) mass is 263 g/mol. The summed E-state index contributed by atoms with van der Waals surface area (Å²) in [5.74, 6) is -0.327. The highest BCUT2D eigenvalue weighted by Crippen LogP contribution is 2.26. The van der Waals surface area contributed by atoms with Crippen molar-refractivity contribution >= 4 is 5.91 Å². The molecule has 0 saturated heterocycles. The van der Waals surface area contributed by atoms with Crippen molar-refractivity contribution in [1.29, 1.82) is 0 Å². The third-order valence-electron chi connectivity index (χ3n) is 3.24. The van der Waals surface area contributed by atoms with Gasteiger partial charge in [-0.25, -0.2) is 0 Å². The van der Waals surface area contributed by atoms with Crippen molar-refractivity contribution in [2.75, 3.05) is 6.54 Å². The van der Waals surface area contributed by atoms with Crippen LogP contribution in [0.3, 0.4) is 0 Å². The Morgan fingerprint density at radius 3 is 2.37 bits per heavy atom. The highest BCUT2D eigenvalue weighted by atomic mass is 16.1. The predicted molar refractivity (Wildman–Crippen MR) is 78.6 cm³/mol. The molecule has 1 aromatic rings. The largest absolute Gasteiger partial charge is 0.369 e. The lowest BCUT2D eigenvalue weighted by Crippen LogP contribution is -2.46. The third-order valence-corrected chi connectivity index (χ3v) is 3.24. The van der Waals surface area contributed by atoms with E-state index < -0.39 is 0 Å². The molecule has 1 rings (SSSR count). The van der Waals surface area contributed by atoms with Crippen molar-refractivity contribution in [3.05, 3.63) is 35.4 Å². The van der Waals surface area contributed by atoms with Gasteiger partial charge in [0.2, 0.25) is 5.91 Å². The smallest absolute Gasteiger partial charge is 0.231 e.